The number of hydrogen-bond acceptors (Lipinski definition) is 11. The van der Waals surface area contributed by atoms with Gasteiger partial charge in [-0.2, -0.15) is 19.3 Å². The number of aromatic nitrogens is 6. The predicted octanol–water partition coefficient (Wildman–Crippen LogP) is 0.927. The van der Waals surface area contributed by atoms with E-state index in [1.165, 1.54) is 12.8 Å². The lowest BCUT2D eigenvalue weighted by atomic mass is 10.2. The topological polar surface area (TPSA) is 269 Å². The van der Waals surface area contributed by atoms with Gasteiger partial charge < -0.3 is 39.3 Å². The van der Waals surface area contributed by atoms with Crippen molar-refractivity contribution in [3.05, 3.63) is 0 Å². The van der Waals surface area contributed by atoms with Crippen molar-refractivity contribution in [3.8, 4) is 0 Å². The molecule has 0 aliphatic rings. The zero-order valence-corrected chi connectivity index (χ0v) is 24.1. The number of unbranched alkanes of at least 4 members (excludes halogenated alkanes) is 3. The molecule has 0 saturated heterocycles. The van der Waals surface area contributed by atoms with Crippen LogP contribution < -0.4 is 44.6 Å². The van der Waals surface area contributed by atoms with E-state index in [0.717, 1.165) is 47.5 Å². The fourth-order valence-electron chi connectivity index (χ4n) is 2.37. The van der Waals surface area contributed by atoms with Gasteiger partial charge >= 0.3 is 6.03 Å². The highest BCUT2D eigenvalue weighted by Gasteiger charge is 2.13. The van der Waals surface area contributed by atoms with Crippen LogP contribution in [-0.4, -0.2) is 67.6 Å². The number of nitrogens with two attached hydrogens (primary N) is 5. The average molecular weight is 553 g/mol. The molecule has 0 saturated carbocycles. The number of urea groups is 1. The van der Waals surface area contributed by atoms with E-state index in [1.54, 1.807) is 0 Å². The Morgan fingerprint density at radius 2 is 1.36 bits per heavy atom. The maximum Gasteiger partial charge on any atom is 0.321 e. The number of carbonyl (C=O) groups is 1. The van der Waals surface area contributed by atoms with Crippen molar-refractivity contribution in [3.63, 3.8) is 0 Å². The van der Waals surface area contributed by atoms with Gasteiger partial charge in [-0.05, 0) is 32.4 Å². The Bertz CT molecular complexity index is 1010. The van der Waals surface area contributed by atoms with Gasteiger partial charge in [-0.3, -0.25) is 5.32 Å². The van der Waals surface area contributed by atoms with Gasteiger partial charge in [-0.25, -0.2) is 4.79 Å². The third-order valence-electron chi connectivity index (χ3n) is 4.65. The summed E-state index contributed by atoms with van der Waals surface area (Å²) in [7, 11) is 1.92. The van der Waals surface area contributed by atoms with Gasteiger partial charge in [-0.15, -0.1) is 20.4 Å². The summed E-state index contributed by atoms with van der Waals surface area (Å²) in [6.07, 6.45) is 6.63. The van der Waals surface area contributed by atoms with Gasteiger partial charge in [0.25, 0.3) is 5.95 Å². The van der Waals surface area contributed by atoms with Gasteiger partial charge in [0.15, 0.2) is 0 Å². The van der Waals surface area contributed by atoms with Crippen LogP contribution in [0.1, 0.15) is 73.1 Å². The lowest BCUT2D eigenvalue weighted by Crippen LogP contribution is -2.30. The first-order valence-electron chi connectivity index (χ1n) is 13.1. The average Bonchev–Trinajstić information content (AvgIpc) is 3.42. The number of nitrogen functional groups attached to an aromatic ring is 3. The summed E-state index contributed by atoms with van der Waals surface area (Å²) < 4.78 is 1.93. The molecule has 222 valence electrons. The Kier molecular flexibility index (Phi) is 17.8. The molecule has 13 N–H and O–H groups in total. The number of hydrogen-bond donors (Lipinski definition) is 8. The van der Waals surface area contributed by atoms with Crippen LogP contribution in [0.4, 0.5) is 28.6 Å². The van der Waals surface area contributed by atoms with Crippen molar-refractivity contribution in [1.82, 2.24) is 40.2 Å². The van der Waals surface area contributed by atoms with E-state index in [9.17, 15) is 4.79 Å². The second kappa shape index (κ2) is 19.9. The molecular weight excluding hydrogens is 504 g/mol. The van der Waals surface area contributed by atoms with Crippen LogP contribution in [0.2, 0.25) is 0 Å². The minimum atomic E-state index is -0.468. The molecule has 2 aromatic rings. The molecule has 0 aliphatic carbocycles. The molecule has 2 amide bonds. The summed E-state index contributed by atoms with van der Waals surface area (Å²) in [6.45, 7) is 12.4. The largest absolute Gasteiger partial charge is 0.368 e. The SMILES string of the molecule is CCC.CCC(C)C.CNCCCCCCNC(=O)Nc1nc(N)n(/C(N)=N/N=C(\N)n2nc(N)nc2N)n1. The molecule has 0 aliphatic heterocycles. The molecular formula is C22H48N16O. The van der Waals surface area contributed by atoms with E-state index in [2.05, 4.69) is 80.9 Å². The summed E-state index contributed by atoms with van der Waals surface area (Å²) in [4.78, 5) is 19.5. The molecule has 39 heavy (non-hydrogen) atoms. The molecule has 0 atom stereocenters. The molecule has 17 heteroatoms. The van der Waals surface area contributed by atoms with E-state index in [1.807, 2.05) is 7.05 Å². The maximum absolute atomic E-state index is 11.9. The number of nitrogens with zero attached hydrogens (tertiary/aromatic N) is 8. The standard InChI is InChI=1S/C14H28N16O.C5H12.C3H8/c1-20-6-4-2-3-5-7-21-14(31)24-13-23-10(17)30(28-13)12(19)26-25-11(18)29-9(16)22-8(15)27-29;1-4-5(2)3;1-3-2/h20H,2-7H2,1H3,(H2,18,25)(H2,19,26)(H4,15,16,22,27)(H4,17,21,23,24,28,31);5H,4H2,1-3H3;3H2,1-2H3. The first kappa shape index (κ1) is 34.9. The molecule has 2 heterocycles. The van der Waals surface area contributed by atoms with E-state index >= 15 is 0 Å². The molecule has 0 spiro atoms. The molecule has 0 unspecified atom stereocenters. The van der Waals surface area contributed by atoms with E-state index in [-0.39, 0.29) is 35.7 Å². The van der Waals surface area contributed by atoms with Crippen molar-refractivity contribution in [2.45, 2.75) is 73.1 Å². The minimum Gasteiger partial charge on any atom is -0.368 e. The van der Waals surface area contributed by atoms with Gasteiger partial charge in [-0.1, -0.05) is 60.3 Å². The lowest BCUT2D eigenvalue weighted by Gasteiger charge is -2.05. The second-order valence-electron chi connectivity index (χ2n) is 8.77. The van der Waals surface area contributed by atoms with Crippen molar-refractivity contribution in [1.29, 1.82) is 0 Å². The Morgan fingerprint density at radius 1 is 0.872 bits per heavy atom. The van der Waals surface area contributed by atoms with Crippen LogP contribution >= 0.6 is 0 Å². The summed E-state index contributed by atoms with van der Waals surface area (Å²) in [5.74, 6) is 0.0163. The molecule has 0 radical (unpaired) electrons. The van der Waals surface area contributed by atoms with Crippen molar-refractivity contribution >= 4 is 41.7 Å². The first-order chi connectivity index (χ1) is 18.5. The fourth-order valence-corrected chi connectivity index (χ4v) is 2.37. The monoisotopic (exact) mass is 552 g/mol. The highest BCUT2D eigenvalue weighted by molar-refractivity contribution is 5.89. The maximum atomic E-state index is 11.9. The van der Waals surface area contributed by atoms with Gasteiger partial charge in [0, 0.05) is 6.54 Å². The van der Waals surface area contributed by atoms with Gasteiger partial charge in [0.05, 0.1) is 0 Å². The Hall–Kier alpha value is -4.15. The predicted molar refractivity (Wildman–Crippen MR) is 158 cm³/mol. The van der Waals surface area contributed by atoms with Crippen LogP contribution in [0, 0.1) is 5.92 Å². The van der Waals surface area contributed by atoms with Crippen LogP contribution in [0.25, 0.3) is 0 Å². The molecule has 0 aromatic carbocycles. The number of anilines is 4. The van der Waals surface area contributed by atoms with Crippen molar-refractivity contribution in [2.75, 3.05) is 42.7 Å². The van der Waals surface area contributed by atoms with Gasteiger partial charge in [0.2, 0.25) is 29.8 Å². The van der Waals surface area contributed by atoms with Crippen LogP contribution in [-0.2, 0) is 0 Å². The Balaban J connectivity index is 0.00000159. The number of amides is 2. The zero-order valence-electron chi connectivity index (χ0n) is 24.1. The third kappa shape index (κ3) is 15.0. The Morgan fingerprint density at radius 3 is 1.82 bits per heavy atom. The van der Waals surface area contributed by atoms with E-state index < -0.39 is 6.03 Å². The van der Waals surface area contributed by atoms with Crippen LogP contribution in [0.15, 0.2) is 10.2 Å². The first-order valence-corrected chi connectivity index (χ1v) is 13.1. The normalized spacial score (nSPS) is 11.4. The number of rotatable bonds is 10. The van der Waals surface area contributed by atoms with Crippen LogP contribution in [0.3, 0.4) is 0 Å². The van der Waals surface area contributed by atoms with Crippen molar-refractivity contribution < 1.29 is 4.79 Å². The summed E-state index contributed by atoms with van der Waals surface area (Å²) in [6, 6.07) is -0.468. The zero-order chi connectivity index (χ0) is 29.8. The second-order valence-corrected chi connectivity index (χ2v) is 8.77. The van der Waals surface area contributed by atoms with Crippen LogP contribution in [0.5, 0.6) is 0 Å². The van der Waals surface area contributed by atoms with E-state index in [4.69, 9.17) is 28.7 Å². The summed E-state index contributed by atoms with van der Waals surface area (Å²) in [5, 5.41) is 23.3. The molecule has 2 aromatic heterocycles. The molecule has 17 nitrogen and oxygen atoms in total. The Labute approximate surface area is 230 Å². The van der Waals surface area contributed by atoms with Gasteiger partial charge in [0.1, 0.15) is 0 Å². The minimum absolute atomic E-state index is 0.0626. The molecule has 2 rings (SSSR count). The van der Waals surface area contributed by atoms with Crippen molar-refractivity contribution in [2.24, 2.45) is 27.6 Å². The highest BCUT2D eigenvalue weighted by Crippen LogP contribution is 2.05. The van der Waals surface area contributed by atoms with E-state index in [0.29, 0.717) is 6.54 Å². The summed E-state index contributed by atoms with van der Waals surface area (Å²) >= 11 is 0. The smallest absolute Gasteiger partial charge is 0.321 e. The fraction of sp³-hybridized carbons (Fsp3) is 0.682. The quantitative estimate of drug-likeness (QED) is 0.0888. The lowest BCUT2D eigenvalue weighted by molar-refractivity contribution is 0.251. The highest BCUT2D eigenvalue weighted by atomic mass is 16.2. The molecule has 0 fully saturated rings. The summed E-state index contributed by atoms with van der Waals surface area (Å²) in [5.41, 5.74) is 28.2. The third-order valence-corrected chi connectivity index (χ3v) is 4.65. The number of carbonyl (C=O) groups excluding carboxylic acids is 1. The molecule has 0 bridgehead atoms. The number of nitrogens with one attached hydrogen (secondary N) is 3.